The van der Waals surface area contributed by atoms with Gasteiger partial charge in [-0.05, 0) is 73.6 Å². The fourth-order valence-corrected chi connectivity index (χ4v) is 5.38. The number of fused-ring (bicyclic) bond motifs is 2. The molecule has 2 aliphatic heterocycles. The Labute approximate surface area is 177 Å². The molecule has 3 aliphatic rings. The molecule has 2 N–H and O–H groups in total. The van der Waals surface area contributed by atoms with Gasteiger partial charge in [-0.1, -0.05) is 19.3 Å². The molecule has 4 nitrogen and oxygen atoms in total. The molecule has 2 atom stereocenters. The smallest absolute Gasteiger partial charge is 0.257 e. The molecule has 0 aromatic heterocycles. The van der Waals surface area contributed by atoms with Gasteiger partial charge in [0.1, 0.15) is 5.82 Å². The predicted molar refractivity (Wildman–Crippen MR) is 120 cm³/mol. The Morgan fingerprint density at radius 2 is 1.93 bits per heavy atom. The number of hydrogen-bond acceptors (Lipinski definition) is 3. The number of amides is 1. The Morgan fingerprint density at radius 3 is 2.77 bits per heavy atom. The second-order valence-corrected chi connectivity index (χ2v) is 8.89. The van der Waals surface area contributed by atoms with Gasteiger partial charge in [0.2, 0.25) is 0 Å². The van der Waals surface area contributed by atoms with Crippen LogP contribution in [-0.2, 0) is 4.79 Å². The number of hydrogen-bond donors (Lipinski definition) is 2. The summed E-state index contributed by atoms with van der Waals surface area (Å²) in [5.74, 6) is 1.20. The number of nitrogens with zero attached hydrogens (tertiary/aromatic N) is 1. The number of carbonyl (C=O) groups excluding carboxylic acids is 1. The van der Waals surface area contributed by atoms with Crippen LogP contribution < -0.4 is 15.5 Å². The summed E-state index contributed by atoms with van der Waals surface area (Å²) < 4.78 is 13.6. The van der Waals surface area contributed by atoms with Gasteiger partial charge in [0.15, 0.2) is 0 Å². The van der Waals surface area contributed by atoms with E-state index in [4.69, 9.17) is 0 Å². The van der Waals surface area contributed by atoms with Crippen molar-refractivity contribution >= 4 is 28.5 Å². The minimum atomic E-state index is -0.349. The second kappa shape index (κ2) is 7.78. The van der Waals surface area contributed by atoms with Crippen molar-refractivity contribution in [2.45, 2.75) is 39.0 Å². The first-order valence-corrected chi connectivity index (χ1v) is 11.0. The Kier molecular flexibility index (Phi) is 4.97. The van der Waals surface area contributed by atoms with Crippen LogP contribution in [0.15, 0.2) is 42.6 Å². The topological polar surface area (TPSA) is 44.4 Å². The van der Waals surface area contributed by atoms with E-state index in [1.54, 1.807) is 12.3 Å². The summed E-state index contributed by atoms with van der Waals surface area (Å²) in [5.41, 5.74) is 5.15. The van der Waals surface area contributed by atoms with Crippen molar-refractivity contribution in [1.82, 2.24) is 0 Å². The van der Waals surface area contributed by atoms with Crippen molar-refractivity contribution in [1.29, 1.82) is 0 Å². The Bertz CT molecular complexity index is 1020. The molecule has 1 saturated heterocycles. The van der Waals surface area contributed by atoms with Gasteiger partial charge in [-0.15, -0.1) is 0 Å². The van der Waals surface area contributed by atoms with Crippen molar-refractivity contribution in [3.8, 4) is 0 Å². The number of aryl methyl sites for hydroxylation is 1. The maximum Gasteiger partial charge on any atom is 0.257 e. The Morgan fingerprint density at radius 1 is 1.10 bits per heavy atom. The van der Waals surface area contributed by atoms with E-state index in [-0.39, 0.29) is 11.7 Å². The van der Waals surface area contributed by atoms with Gasteiger partial charge in [0.05, 0.1) is 5.57 Å². The zero-order valence-corrected chi connectivity index (χ0v) is 17.4. The fraction of sp³-hybridized carbons (Fsp3) is 0.400. The van der Waals surface area contributed by atoms with Crippen LogP contribution in [0.1, 0.15) is 43.2 Å². The van der Waals surface area contributed by atoms with Crippen LogP contribution in [0.4, 0.5) is 21.5 Å². The summed E-state index contributed by atoms with van der Waals surface area (Å²) in [5, 5.41) is 6.01. The molecule has 5 heteroatoms. The standard InChI is InChI=1S/C25H28FN3O/c1-16-12-20(27-14-22-21-13-19(26)6-8-23(21)28-25(22)30)7-9-24(16)29-11-10-17-4-2-3-5-18(17)15-29/h6-9,12-14,17-18,27H,2-5,10-11,15H2,1H3,(H,28,30). The largest absolute Gasteiger partial charge is 0.371 e. The quantitative estimate of drug-likeness (QED) is 0.658. The maximum atomic E-state index is 13.6. The molecule has 2 unspecified atom stereocenters. The fourth-order valence-electron chi connectivity index (χ4n) is 5.38. The molecule has 2 aromatic carbocycles. The first kappa shape index (κ1) is 19.2. The molecule has 0 bridgehead atoms. The number of nitrogens with one attached hydrogen (secondary N) is 2. The van der Waals surface area contributed by atoms with Gasteiger partial charge >= 0.3 is 0 Å². The third kappa shape index (κ3) is 3.57. The third-order valence-electron chi connectivity index (χ3n) is 6.98. The number of piperidine rings is 1. The molecular formula is C25H28FN3O. The lowest BCUT2D eigenvalue weighted by atomic mass is 9.75. The summed E-state index contributed by atoms with van der Waals surface area (Å²) >= 11 is 0. The molecule has 1 amide bonds. The van der Waals surface area contributed by atoms with E-state index in [2.05, 4.69) is 40.7 Å². The maximum absolute atomic E-state index is 13.6. The van der Waals surface area contributed by atoms with Crippen LogP contribution in [0.25, 0.3) is 5.57 Å². The van der Waals surface area contributed by atoms with Gasteiger partial charge in [0.25, 0.3) is 5.91 Å². The van der Waals surface area contributed by atoms with Crippen LogP contribution in [-0.4, -0.2) is 19.0 Å². The summed E-state index contributed by atoms with van der Waals surface area (Å²) in [6.45, 7) is 4.46. The van der Waals surface area contributed by atoms with Crippen molar-refractivity contribution in [2.75, 3.05) is 28.6 Å². The van der Waals surface area contributed by atoms with E-state index >= 15 is 0 Å². The number of carbonyl (C=O) groups is 1. The highest BCUT2D eigenvalue weighted by atomic mass is 19.1. The minimum Gasteiger partial charge on any atom is -0.371 e. The zero-order valence-electron chi connectivity index (χ0n) is 17.4. The average Bonchev–Trinajstić information content (AvgIpc) is 3.06. The van der Waals surface area contributed by atoms with Crippen LogP contribution in [0.2, 0.25) is 0 Å². The molecular weight excluding hydrogens is 377 g/mol. The number of rotatable bonds is 3. The Balaban J connectivity index is 1.32. The van der Waals surface area contributed by atoms with Gasteiger partial charge in [-0.2, -0.15) is 0 Å². The number of benzene rings is 2. The van der Waals surface area contributed by atoms with Gasteiger partial charge in [-0.25, -0.2) is 4.39 Å². The van der Waals surface area contributed by atoms with Crippen LogP contribution in [0, 0.1) is 24.6 Å². The highest BCUT2D eigenvalue weighted by molar-refractivity contribution is 6.31. The SMILES string of the molecule is Cc1cc(NC=C2C(=O)Nc3ccc(F)cc32)ccc1N1CCC2CCCCC2C1. The van der Waals surface area contributed by atoms with Crippen LogP contribution >= 0.6 is 0 Å². The number of anilines is 3. The van der Waals surface area contributed by atoms with E-state index in [1.165, 1.54) is 62.0 Å². The van der Waals surface area contributed by atoms with Crippen LogP contribution in [0.3, 0.4) is 0 Å². The summed E-state index contributed by atoms with van der Waals surface area (Å²) in [6, 6.07) is 10.7. The van der Waals surface area contributed by atoms with Gasteiger partial charge in [0, 0.05) is 41.9 Å². The van der Waals surface area contributed by atoms with Gasteiger partial charge < -0.3 is 15.5 Å². The summed E-state index contributed by atoms with van der Waals surface area (Å²) in [6.07, 6.45) is 8.55. The zero-order chi connectivity index (χ0) is 20.7. The highest BCUT2D eigenvalue weighted by Crippen LogP contribution is 2.38. The molecule has 0 radical (unpaired) electrons. The van der Waals surface area contributed by atoms with Crippen LogP contribution in [0.5, 0.6) is 0 Å². The normalized spacial score (nSPS) is 24.4. The van der Waals surface area contributed by atoms with E-state index in [9.17, 15) is 9.18 Å². The molecule has 1 saturated carbocycles. The molecule has 5 rings (SSSR count). The minimum absolute atomic E-state index is 0.216. The van der Waals surface area contributed by atoms with Crippen molar-refractivity contribution in [3.63, 3.8) is 0 Å². The van der Waals surface area contributed by atoms with Crippen molar-refractivity contribution < 1.29 is 9.18 Å². The molecule has 0 spiro atoms. The average molecular weight is 406 g/mol. The van der Waals surface area contributed by atoms with Crippen molar-refractivity contribution in [2.24, 2.45) is 11.8 Å². The van der Waals surface area contributed by atoms with E-state index < -0.39 is 0 Å². The molecule has 156 valence electrons. The van der Waals surface area contributed by atoms with Crippen molar-refractivity contribution in [3.05, 3.63) is 59.5 Å². The molecule has 30 heavy (non-hydrogen) atoms. The first-order chi connectivity index (χ1) is 14.6. The molecule has 2 heterocycles. The Hall–Kier alpha value is -2.82. The van der Waals surface area contributed by atoms with E-state index in [1.807, 2.05) is 0 Å². The summed E-state index contributed by atoms with van der Waals surface area (Å²) in [4.78, 5) is 14.8. The third-order valence-corrected chi connectivity index (χ3v) is 6.98. The monoisotopic (exact) mass is 405 g/mol. The molecule has 2 fully saturated rings. The van der Waals surface area contributed by atoms with E-state index in [0.29, 0.717) is 16.8 Å². The van der Waals surface area contributed by atoms with E-state index in [0.717, 1.165) is 24.1 Å². The first-order valence-electron chi connectivity index (χ1n) is 11.0. The van der Waals surface area contributed by atoms with Gasteiger partial charge in [-0.3, -0.25) is 4.79 Å². The highest BCUT2D eigenvalue weighted by Gasteiger charge is 2.31. The second-order valence-electron chi connectivity index (χ2n) is 8.89. The lowest BCUT2D eigenvalue weighted by Gasteiger charge is -2.42. The molecule has 2 aromatic rings. The lowest BCUT2D eigenvalue weighted by Crippen LogP contribution is -2.42. The predicted octanol–water partition coefficient (Wildman–Crippen LogP) is 5.56. The summed E-state index contributed by atoms with van der Waals surface area (Å²) in [7, 11) is 0. The molecule has 1 aliphatic carbocycles. The lowest BCUT2D eigenvalue weighted by molar-refractivity contribution is -0.110. The number of halogens is 1.